The fraction of sp³-hybridized carbons (Fsp3) is 0.312. The molecule has 0 bridgehead atoms. The summed E-state index contributed by atoms with van der Waals surface area (Å²) in [4.78, 5) is 7.14. The lowest BCUT2D eigenvalue weighted by atomic mass is 10.1. The van der Waals surface area contributed by atoms with Crippen LogP contribution in [0, 0.1) is 0 Å². The van der Waals surface area contributed by atoms with E-state index < -0.39 is 6.29 Å². The van der Waals surface area contributed by atoms with Crippen LogP contribution in [0.25, 0.3) is 21.0 Å². The Hall–Kier alpha value is -1.69. The van der Waals surface area contributed by atoms with Crippen molar-refractivity contribution in [3.05, 3.63) is 35.2 Å². The average Bonchev–Trinajstić information content (AvgIpc) is 3.17. The van der Waals surface area contributed by atoms with Gasteiger partial charge in [0, 0.05) is 34.1 Å². The molecule has 21 heavy (non-hydrogen) atoms. The van der Waals surface area contributed by atoms with E-state index in [2.05, 4.69) is 16.3 Å². The molecule has 1 fully saturated rings. The Morgan fingerprint density at radius 1 is 1.10 bits per heavy atom. The van der Waals surface area contributed by atoms with E-state index in [0.717, 1.165) is 29.8 Å². The van der Waals surface area contributed by atoms with E-state index >= 15 is 0 Å². The summed E-state index contributed by atoms with van der Waals surface area (Å²) in [6, 6.07) is 7.60. The molecule has 1 aliphatic heterocycles. The fourth-order valence-corrected chi connectivity index (χ4v) is 3.96. The minimum atomic E-state index is -1.45. The van der Waals surface area contributed by atoms with Crippen LogP contribution in [0.3, 0.4) is 0 Å². The number of aliphatic hydroxyl groups is 2. The Labute approximate surface area is 126 Å². The van der Waals surface area contributed by atoms with E-state index in [9.17, 15) is 10.2 Å². The van der Waals surface area contributed by atoms with Gasteiger partial charge in [-0.15, -0.1) is 11.3 Å². The first-order valence-corrected chi connectivity index (χ1v) is 8.04. The number of aliphatic hydroxyl groups excluding tert-OH is 1. The zero-order valence-corrected chi connectivity index (χ0v) is 12.3. The number of anilines is 1. The lowest BCUT2D eigenvalue weighted by Crippen LogP contribution is -2.19. The maximum Gasteiger partial charge on any atom is 0.178 e. The van der Waals surface area contributed by atoms with Gasteiger partial charge in [-0.2, -0.15) is 0 Å². The molecule has 5 heteroatoms. The van der Waals surface area contributed by atoms with Gasteiger partial charge in [-0.05, 0) is 30.4 Å². The molecule has 1 saturated heterocycles. The van der Waals surface area contributed by atoms with Gasteiger partial charge in [-0.3, -0.25) is 0 Å². The molecule has 1 aliphatic rings. The molecule has 2 N–H and O–H groups in total. The maximum absolute atomic E-state index is 9.36. The first kappa shape index (κ1) is 13.0. The molecule has 4 rings (SSSR count). The second kappa shape index (κ2) is 4.94. The highest BCUT2D eigenvalue weighted by Crippen LogP contribution is 2.36. The molecule has 0 spiro atoms. The van der Waals surface area contributed by atoms with Crippen LogP contribution < -0.4 is 4.90 Å². The third-order valence-corrected chi connectivity index (χ3v) is 5.05. The smallest absolute Gasteiger partial charge is 0.178 e. The summed E-state index contributed by atoms with van der Waals surface area (Å²) in [5.41, 5.74) is 1.32. The number of aromatic nitrogens is 1. The molecule has 3 aromatic rings. The Morgan fingerprint density at radius 3 is 2.67 bits per heavy atom. The van der Waals surface area contributed by atoms with Crippen molar-refractivity contribution in [2.45, 2.75) is 19.1 Å². The summed E-state index contributed by atoms with van der Waals surface area (Å²) in [7, 11) is 0. The van der Waals surface area contributed by atoms with Crippen molar-refractivity contribution in [3.8, 4) is 0 Å². The Bertz CT molecular complexity index is 806. The van der Waals surface area contributed by atoms with Crippen LogP contribution >= 0.6 is 11.3 Å². The van der Waals surface area contributed by atoms with Gasteiger partial charge in [0.1, 0.15) is 5.82 Å². The lowest BCUT2D eigenvalue weighted by Gasteiger charge is -2.18. The molecule has 1 aromatic carbocycles. The number of hydrogen-bond donors (Lipinski definition) is 2. The van der Waals surface area contributed by atoms with E-state index in [-0.39, 0.29) is 0 Å². The normalized spacial score (nSPS) is 15.7. The van der Waals surface area contributed by atoms with Crippen LogP contribution in [0.5, 0.6) is 0 Å². The van der Waals surface area contributed by atoms with Crippen molar-refractivity contribution in [2.75, 3.05) is 18.0 Å². The van der Waals surface area contributed by atoms with Crippen molar-refractivity contribution in [1.82, 2.24) is 4.98 Å². The fourth-order valence-electron chi connectivity index (χ4n) is 3.03. The number of hydrogen-bond acceptors (Lipinski definition) is 5. The summed E-state index contributed by atoms with van der Waals surface area (Å²) in [6.07, 6.45) is 0.965. The molecule has 3 heterocycles. The largest absolute Gasteiger partial charge is 0.364 e. The molecule has 0 amide bonds. The third kappa shape index (κ3) is 2.09. The van der Waals surface area contributed by atoms with Crippen LogP contribution in [0.1, 0.15) is 24.7 Å². The number of fused-ring (bicyclic) bond motifs is 3. The number of rotatable bonds is 2. The molecule has 2 aromatic heterocycles. The topological polar surface area (TPSA) is 56.6 Å². The molecule has 4 nitrogen and oxygen atoms in total. The van der Waals surface area contributed by atoms with Gasteiger partial charge in [-0.25, -0.2) is 4.98 Å². The van der Waals surface area contributed by atoms with Gasteiger partial charge in [0.2, 0.25) is 0 Å². The highest BCUT2D eigenvalue weighted by molar-refractivity contribution is 7.18. The van der Waals surface area contributed by atoms with Crippen LogP contribution in [-0.4, -0.2) is 28.3 Å². The first-order chi connectivity index (χ1) is 10.2. The molecule has 0 saturated carbocycles. The third-order valence-electron chi connectivity index (χ3n) is 4.10. The lowest BCUT2D eigenvalue weighted by molar-refractivity contribution is -0.0423. The SMILES string of the molecule is OC(O)c1ccc2c(c1)nc(N1CCCC1)c1ccsc12. The number of thiophene rings is 1. The highest BCUT2D eigenvalue weighted by Gasteiger charge is 2.19. The van der Waals surface area contributed by atoms with Gasteiger partial charge >= 0.3 is 0 Å². The van der Waals surface area contributed by atoms with Crippen molar-refractivity contribution >= 4 is 38.1 Å². The number of pyridine rings is 1. The van der Waals surface area contributed by atoms with E-state index in [1.165, 1.54) is 22.9 Å². The molecule has 0 atom stereocenters. The summed E-state index contributed by atoms with van der Waals surface area (Å²) >= 11 is 1.71. The van der Waals surface area contributed by atoms with Gasteiger partial charge in [0.15, 0.2) is 6.29 Å². The van der Waals surface area contributed by atoms with Crippen molar-refractivity contribution in [2.24, 2.45) is 0 Å². The quantitative estimate of drug-likeness (QED) is 0.714. The van der Waals surface area contributed by atoms with E-state index in [4.69, 9.17) is 4.98 Å². The van der Waals surface area contributed by atoms with Crippen molar-refractivity contribution < 1.29 is 10.2 Å². The van der Waals surface area contributed by atoms with Gasteiger partial charge < -0.3 is 15.1 Å². The minimum absolute atomic E-state index is 0.485. The van der Waals surface area contributed by atoms with Crippen LogP contribution in [0.15, 0.2) is 29.6 Å². The van der Waals surface area contributed by atoms with Gasteiger partial charge in [0.25, 0.3) is 0 Å². The highest BCUT2D eigenvalue weighted by atomic mass is 32.1. The van der Waals surface area contributed by atoms with E-state index in [1.807, 2.05) is 6.07 Å². The Kier molecular flexibility index (Phi) is 3.06. The predicted molar refractivity (Wildman–Crippen MR) is 85.8 cm³/mol. The van der Waals surface area contributed by atoms with Gasteiger partial charge in [0.05, 0.1) is 5.52 Å². The molecular weight excluding hydrogens is 284 g/mol. The van der Waals surface area contributed by atoms with Crippen LogP contribution in [0.4, 0.5) is 5.82 Å². The summed E-state index contributed by atoms with van der Waals surface area (Å²) in [5.74, 6) is 1.03. The monoisotopic (exact) mass is 300 g/mol. The van der Waals surface area contributed by atoms with Crippen molar-refractivity contribution in [1.29, 1.82) is 0 Å². The second-order valence-corrected chi connectivity index (χ2v) is 6.36. The zero-order valence-electron chi connectivity index (χ0n) is 11.5. The zero-order chi connectivity index (χ0) is 14.4. The molecule has 108 valence electrons. The summed E-state index contributed by atoms with van der Waals surface area (Å²) < 4.78 is 1.22. The predicted octanol–water partition coefficient (Wildman–Crippen LogP) is 3.03. The van der Waals surface area contributed by atoms with Gasteiger partial charge in [-0.1, -0.05) is 12.1 Å². The number of benzene rings is 1. The molecule has 0 unspecified atom stereocenters. The standard InChI is InChI=1S/C16H16N2O2S/c19-16(20)10-3-4-11-13(9-10)17-15(18-6-1-2-7-18)12-5-8-21-14(11)12/h3-5,8-9,16,19-20H,1-2,6-7H2. The average molecular weight is 300 g/mol. The molecule has 0 radical (unpaired) electrons. The van der Waals surface area contributed by atoms with Crippen LogP contribution in [0.2, 0.25) is 0 Å². The second-order valence-electron chi connectivity index (χ2n) is 5.44. The first-order valence-electron chi connectivity index (χ1n) is 7.16. The maximum atomic E-state index is 9.36. The summed E-state index contributed by atoms with van der Waals surface area (Å²) in [6.45, 7) is 2.09. The summed E-state index contributed by atoms with van der Waals surface area (Å²) in [5, 5.41) is 23.1. The Morgan fingerprint density at radius 2 is 1.90 bits per heavy atom. The van der Waals surface area contributed by atoms with Crippen molar-refractivity contribution in [3.63, 3.8) is 0 Å². The number of nitrogens with zero attached hydrogens (tertiary/aromatic N) is 2. The van der Waals surface area contributed by atoms with E-state index in [1.54, 1.807) is 23.5 Å². The van der Waals surface area contributed by atoms with E-state index in [0.29, 0.717) is 5.56 Å². The minimum Gasteiger partial charge on any atom is -0.364 e. The molecular formula is C16H16N2O2S. The van der Waals surface area contributed by atoms with Crippen LogP contribution in [-0.2, 0) is 0 Å². The molecule has 0 aliphatic carbocycles. The Balaban J connectivity index is 2.00.